The predicted octanol–water partition coefficient (Wildman–Crippen LogP) is 1.08. The van der Waals surface area contributed by atoms with Crippen LogP contribution >= 0.6 is 0 Å². The Hall–Kier alpha value is -0.610. The zero-order valence-electron chi connectivity index (χ0n) is 12.0. The van der Waals surface area contributed by atoms with Crippen molar-refractivity contribution < 1.29 is 4.79 Å². The van der Waals surface area contributed by atoms with Crippen molar-refractivity contribution in [2.75, 3.05) is 33.7 Å². The Morgan fingerprint density at radius 1 is 1.29 bits per heavy atom. The van der Waals surface area contributed by atoms with E-state index in [1.807, 2.05) is 21.0 Å². The molecule has 0 aliphatic carbocycles. The van der Waals surface area contributed by atoms with Crippen LogP contribution in [0.15, 0.2) is 0 Å². The van der Waals surface area contributed by atoms with Crippen LogP contribution in [0.2, 0.25) is 0 Å². The first-order valence-electron chi connectivity index (χ1n) is 6.60. The van der Waals surface area contributed by atoms with Crippen molar-refractivity contribution in [1.82, 2.24) is 15.5 Å². The number of likely N-dealkylation sites (N-methyl/N-ethyl adjacent to an activating group) is 1. The summed E-state index contributed by atoms with van der Waals surface area (Å²) in [5.41, 5.74) is 0. The molecule has 0 saturated carbocycles. The van der Waals surface area contributed by atoms with Gasteiger partial charge in [-0.15, -0.1) is 0 Å². The van der Waals surface area contributed by atoms with E-state index in [0.29, 0.717) is 12.3 Å². The second-order valence-corrected chi connectivity index (χ2v) is 5.26. The second kappa shape index (κ2) is 9.42. The number of nitrogens with zero attached hydrogens (tertiary/aromatic N) is 1. The first-order chi connectivity index (χ1) is 7.95. The first kappa shape index (κ1) is 16.4. The van der Waals surface area contributed by atoms with Crippen molar-refractivity contribution in [3.8, 4) is 0 Å². The van der Waals surface area contributed by atoms with Gasteiger partial charge in [0.2, 0.25) is 5.91 Å². The largest absolute Gasteiger partial charge is 0.352 e. The van der Waals surface area contributed by atoms with Gasteiger partial charge in [-0.1, -0.05) is 20.8 Å². The molecule has 0 fully saturated rings. The SMILES string of the molecule is CCNCCC(=O)NC(CC(C)C)CN(C)C. The summed E-state index contributed by atoms with van der Waals surface area (Å²) >= 11 is 0. The lowest BCUT2D eigenvalue weighted by molar-refractivity contribution is -0.121. The summed E-state index contributed by atoms with van der Waals surface area (Å²) in [6, 6.07) is 0.263. The molecule has 17 heavy (non-hydrogen) atoms. The lowest BCUT2D eigenvalue weighted by atomic mass is 10.0. The summed E-state index contributed by atoms with van der Waals surface area (Å²) in [5, 5.41) is 6.28. The Morgan fingerprint density at radius 3 is 2.41 bits per heavy atom. The number of carbonyl (C=O) groups is 1. The average Bonchev–Trinajstić information content (AvgIpc) is 2.15. The molecule has 0 aromatic carbocycles. The molecular formula is C13H29N3O. The summed E-state index contributed by atoms with van der Waals surface area (Å²) in [6.07, 6.45) is 1.60. The normalized spacial score (nSPS) is 13.1. The molecule has 0 aliphatic heterocycles. The maximum Gasteiger partial charge on any atom is 0.221 e. The van der Waals surface area contributed by atoms with E-state index in [9.17, 15) is 4.79 Å². The second-order valence-electron chi connectivity index (χ2n) is 5.26. The van der Waals surface area contributed by atoms with Crippen molar-refractivity contribution >= 4 is 5.91 Å². The molecule has 1 atom stereocenters. The van der Waals surface area contributed by atoms with E-state index in [1.54, 1.807) is 0 Å². The van der Waals surface area contributed by atoms with Gasteiger partial charge >= 0.3 is 0 Å². The van der Waals surface area contributed by atoms with Gasteiger partial charge in [0.05, 0.1) is 0 Å². The fourth-order valence-electron chi connectivity index (χ4n) is 1.87. The van der Waals surface area contributed by atoms with E-state index in [-0.39, 0.29) is 11.9 Å². The van der Waals surface area contributed by atoms with Crippen LogP contribution in [0.25, 0.3) is 0 Å². The fraction of sp³-hybridized carbons (Fsp3) is 0.923. The smallest absolute Gasteiger partial charge is 0.221 e. The van der Waals surface area contributed by atoms with E-state index < -0.39 is 0 Å². The quantitative estimate of drug-likeness (QED) is 0.596. The van der Waals surface area contributed by atoms with E-state index in [1.165, 1.54) is 0 Å². The highest BCUT2D eigenvalue weighted by Gasteiger charge is 2.14. The topological polar surface area (TPSA) is 44.4 Å². The maximum atomic E-state index is 11.7. The third-order valence-electron chi connectivity index (χ3n) is 2.49. The number of hydrogen-bond acceptors (Lipinski definition) is 3. The van der Waals surface area contributed by atoms with E-state index in [0.717, 1.165) is 26.1 Å². The summed E-state index contributed by atoms with van der Waals surface area (Å²) < 4.78 is 0. The van der Waals surface area contributed by atoms with Gasteiger partial charge in [-0.25, -0.2) is 0 Å². The highest BCUT2D eigenvalue weighted by Crippen LogP contribution is 2.05. The number of amides is 1. The Kier molecular flexibility index (Phi) is 9.09. The van der Waals surface area contributed by atoms with Crippen LogP contribution in [0.1, 0.15) is 33.6 Å². The van der Waals surface area contributed by atoms with Crippen molar-refractivity contribution in [3.63, 3.8) is 0 Å². The van der Waals surface area contributed by atoms with Crippen LogP contribution in [0.5, 0.6) is 0 Å². The molecule has 4 nitrogen and oxygen atoms in total. The summed E-state index contributed by atoms with van der Waals surface area (Å²) in [7, 11) is 4.08. The molecule has 102 valence electrons. The molecule has 0 aromatic rings. The van der Waals surface area contributed by atoms with Gasteiger partial charge in [0.1, 0.15) is 0 Å². The number of hydrogen-bond donors (Lipinski definition) is 2. The molecule has 0 radical (unpaired) electrons. The molecule has 1 unspecified atom stereocenters. The molecule has 0 rings (SSSR count). The van der Waals surface area contributed by atoms with Gasteiger partial charge < -0.3 is 15.5 Å². The molecule has 0 bridgehead atoms. The van der Waals surface area contributed by atoms with Gasteiger partial charge in [0.15, 0.2) is 0 Å². The lowest BCUT2D eigenvalue weighted by Crippen LogP contribution is -2.43. The molecule has 4 heteroatoms. The molecule has 2 N–H and O–H groups in total. The van der Waals surface area contributed by atoms with Crippen LogP contribution in [-0.4, -0.2) is 50.6 Å². The highest BCUT2D eigenvalue weighted by atomic mass is 16.1. The van der Waals surface area contributed by atoms with Crippen molar-refractivity contribution in [2.45, 2.75) is 39.7 Å². The number of carbonyl (C=O) groups excluding carboxylic acids is 1. The standard InChI is InChI=1S/C13H29N3O/c1-6-14-8-7-13(17)15-12(9-11(2)3)10-16(4)5/h11-12,14H,6-10H2,1-5H3,(H,15,17). The minimum Gasteiger partial charge on any atom is -0.352 e. The summed E-state index contributed by atoms with van der Waals surface area (Å²) in [4.78, 5) is 13.8. The molecule has 0 heterocycles. The van der Waals surface area contributed by atoms with E-state index in [4.69, 9.17) is 0 Å². The van der Waals surface area contributed by atoms with Crippen LogP contribution in [0.3, 0.4) is 0 Å². The van der Waals surface area contributed by atoms with Crippen LogP contribution in [-0.2, 0) is 4.79 Å². The molecule has 0 aromatic heterocycles. The van der Waals surface area contributed by atoms with Gasteiger partial charge in [0.25, 0.3) is 0 Å². The zero-order valence-corrected chi connectivity index (χ0v) is 12.0. The maximum absolute atomic E-state index is 11.7. The molecule has 0 spiro atoms. The monoisotopic (exact) mass is 243 g/mol. The van der Waals surface area contributed by atoms with Gasteiger partial charge in [0, 0.05) is 25.6 Å². The van der Waals surface area contributed by atoms with Crippen molar-refractivity contribution in [1.29, 1.82) is 0 Å². The average molecular weight is 243 g/mol. The lowest BCUT2D eigenvalue weighted by Gasteiger charge is -2.24. The molecule has 1 amide bonds. The van der Waals surface area contributed by atoms with Gasteiger partial charge in [-0.05, 0) is 33.0 Å². The van der Waals surface area contributed by atoms with Gasteiger partial charge in [-0.3, -0.25) is 4.79 Å². The fourth-order valence-corrected chi connectivity index (χ4v) is 1.87. The number of nitrogens with one attached hydrogen (secondary N) is 2. The Labute approximate surface area is 106 Å². The minimum absolute atomic E-state index is 0.151. The Balaban J connectivity index is 3.99. The summed E-state index contributed by atoms with van der Waals surface area (Å²) in [6.45, 7) is 9.01. The van der Waals surface area contributed by atoms with E-state index >= 15 is 0 Å². The van der Waals surface area contributed by atoms with Crippen molar-refractivity contribution in [3.05, 3.63) is 0 Å². The zero-order chi connectivity index (χ0) is 13.3. The first-order valence-corrected chi connectivity index (χ1v) is 6.60. The minimum atomic E-state index is 0.151. The Bertz CT molecular complexity index is 195. The van der Waals surface area contributed by atoms with Crippen LogP contribution in [0.4, 0.5) is 0 Å². The van der Waals surface area contributed by atoms with Crippen molar-refractivity contribution in [2.24, 2.45) is 5.92 Å². The highest BCUT2D eigenvalue weighted by molar-refractivity contribution is 5.76. The van der Waals surface area contributed by atoms with Crippen LogP contribution in [0, 0.1) is 5.92 Å². The third-order valence-corrected chi connectivity index (χ3v) is 2.49. The van der Waals surface area contributed by atoms with E-state index in [2.05, 4.69) is 29.4 Å². The Morgan fingerprint density at radius 2 is 1.94 bits per heavy atom. The summed E-state index contributed by atoms with van der Waals surface area (Å²) in [5.74, 6) is 0.757. The predicted molar refractivity (Wildman–Crippen MR) is 73.1 cm³/mol. The van der Waals surface area contributed by atoms with Gasteiger partial charge in [-0.2, -0.15) is 0 Å². The molecule has 0 saturated heterocycles. The van der Waals surface area contributed by atoms with Crippen LogP contribution < -0.4 is 10.6 Å². The molecule has 0 aliphatic rings. The third kappa shape index (κ3) is 10.3. The molecular weight excluding hydrogens is 214 g/mol. The number of rotatable bonds is 9.